The molecule has 1 saturated heterocycles. The molecule has 0 unspecified atom stereocenters. The lowest BCUT2D eigenvalue weighted by molar-refractivity contribution is -0.147. The second-order valence-corrected chi connectivity index (χ2v) is 9.25. The van der Waals surface area contributed by atoms with Gasteiger partial charge in [-0.2, -0.15) is 0 Å². The number of anilines is 1. The van der Waals surface area contributed by atoms with Gasteiger partial charge in [-0.3, -0.25) is 24.1 Å². The predicted molar refractivity (Wildman–Crippen MR) is 120 cm³/mol. The molecular weight excluding hydrogens is 426 g/mol. The number of hydrogen-bond donors (Lipinski definition) is 2. The van der Waals surface area contributed by atoms with Crippen molar-refractivity contribution in [2.75, 3.05) is 18.5 Å². The van der Waals surface area contributed by atoms with E-state index in [2.05, 4.69) is 10.6 Å². The normalized spacial score (nSPS) is 22.4. The molecule has 3 rings (SSSR count). The van der Waals surface area contributed by atoms with E-state index in [-0.39, 0.29) is 17.7 Å². The van der Waals surface area contributed by atoms with E-state index >= 15 is 0 Å². The van der Waals surface area contributed by atoms with Crippen molar-refractivity contribution < 1.29 is 28.7 Å². The summed E-state index contributed by atoms with van der Waals surface area (Å²) in [6, 6.07) is 5.67. The van der Waals surface area contributed by atoms with E-state index in [1.807, 2.05) is 20.8 Å². The van der Waals surface area contributed by atoms with Crippen molar-refractivity contribution >= 4 is 35.3 Å². The molecule has 0 aromatic heterocycles. The molecule has 2 atom stereocenters. The number of ether oxygens (including phenoxy) is 1. The average molecular weight is 458 g/mol. The SMILES string of the molecule is CC(C)CC(=O)Nc1ccc(C(=O)COC(=O)CN2C(=O)N[C@]3(CCCC[C@@H]3C)C2=O)cc1. The summed E-state index contributed by atoms with van der Waals surface area (Å²) in [4.78, 5) is 62.6. The molecule has 1 spiro atoms. The number of Topliss-reactive ketones (excluding diaryl/α,β-unsaturated/α-hetero) is 1. The highest BCUT2D eigenvalue weighted by molar-refractivity contribution is 6.09. The van der Waals surface area contributed by atoms with E-state index in [9.17, 15) is 24.0 Å². The zero-order chi connectivity index (χ0) is 24.2. The molecule has 4 amide bonds. The van der Waals surface area contributed by atoms with E-state index < -0.39 is 42.4 Å². The summed E-state index contributed by atoms with van der Waals surface area (Å²) < 4.78 is 5.03. The number of nitrogens with one attached hydrogen (secondary N) is 2. The first-order valence-corrected chi connectivity index (χ1v) is 11.3. The third-order valence-corrected chi connectivity index (χ3v) is 6.24. The van der Waals surface area contributed by atoms with Gasteiger partial charge < -0.3 is 15.4 Å². The topological polar surface area (TPSA) is 122 Å². The van der Waals surface area contributed by atoms with Gasteiger partial charge >= 0.3 is 12.0 Å². The lowest BCUT2D eigenvalue weighted by Crippen LogP contribution is -2.54. The monoisotopic (exact) mass is 457 g/mol. The van der Waals surface area contributed by atoms with Gasteiger partial charge in [0, 0.05) is 17.7 Å². The van der Waals surface area contributed by atoms with Crippen molar-refractivity contribution in [2.45, 2.75) is 58.4 Å². The molecule has 0 radical (unpaired) electrons. The van der Waals surface area contributed by atoms with E-state index in [0.717, 1.165) is 24.2 Å². The number of carbonyl (C=O) groups is 5. The standard InChI is InChI=1S/C24H31N3O6/c1-15(2)12-20(29)25-18-9-7-17(8-10-18)19(28)14-33-21(30)13-27-22(31)24(26-23(27)32)11-5-4-6-16(24)3/h7-10,15-16H,4-6,11-14H2,1-3H3,(H,25,29)(H,26,32)/t16-,24-/m0/s1. The Morgan fingerprint density at radius 2 is 1.88 bits per heavy atom. The van der Waals surface area contributed by atoms with E-state index in [4.69, 9.17) is 4.74 Å². The Labute approximate surface area is 193 Å². The van der Waals surface area contributed by atoms with Crippen LogP contribution < -0.4 is 10.6 Å². The number of ketones is 1. The number of carbonyl (C=O) groups excluding carboxylic acids is 5. The second-order valence-electron chi connectivity index (χ2n) is 9.25. The van der Waals surface area contributed by atoms with E-state index in [1.165, 1.54) is 12.1 Å². The molecule has 1 saturated carbocycles. The maximum absolute atomic E-state index is 12.9. The number of nitrogens with zero attached hydrogens (tertiary/aromatic N) is 1. The van der Waals surface area contributed by atoms with Crippen molar-refractivity contribution in [2.24, 2.45) is 11.8 Å². The number of esters is 1. The highest BCUT2D eigenvalue weighted by Crippen LogP contribution is 2.38. The maximum Gasteiger partial charge on any atom is 0.326 e. The number of urea groups is 1. The summed E-state index contributed by atoms with van der Waals surface area (Å²) in [7, 11) is 0. The summed E-state index contributed by atoms with van der Waals surface area (Å²) >= 11 is 0. The van der Waals surface area contributed by atoms with Crippen molar-refractivity contribution in [3.63, 3.8) is 0 Å². The Morgan fingerprint density at radius 1 is 1.18 bits per heavy atom. The van der Waals surface area contributed by atoms with Gasteiger partial charge in [-0.05, 0) is 48.9 Å². The maximum atomic E-state index is 12.9. The highest BCUT2D eigenvalue weighted by atomic mass is 16.5. The van der Waals surface area contributed by atoms with E-state index in [0.29, 0.717) is 24.1 Å². The zero-order valence-electron chi connectivity index (χ0n) is 19.3. The molecule has 0 bridgehead atoms. The van der Waals surface area contributed by atoms with Gasteiger partial charge in [0.05, 0.1) is 0 Å². The minimum absolute atomic E-state index is 0.0107. The van der Waals surface area contributed by atoms with Crippen LogP contribution in [0.25, 0.3) is 0 Å². The third kappa shape index (κ3) is 5.58. The lowest BCUT2D eigenvalue weighted by atomic mass is 9.73. The minimum atomic E-state index is -0.947. The molecule has 33 heavy (non-hydrogen) atoms. The Bertz CT molecular complexity index is 942. The molecule has 1 aromatic carbocycles. The molecule has 1 heterocycles. The first-order chi connectivity index (χ1) is 15.6. The fourth-order valence-electron chi connectivity index (χ4n) is 4.37. The predicted octanol–water partition coefficient (Wildman–Crippen LogP) is 2.90. The quantitative estimate of drug-likeness (QED) is 0.352. The second kappa shape index (κ2) is 10.1. The summed E-state index contributed by atoms with van der Waals surface area (Å²) in [5.41, 5.74) is -0.0640. The lowest BCUT2D eigenvalue weighted by Gasteiger charge is -2.36. The molecule has 1 aliphatic carbocycles. The fourth-order valence-corrected chi connectivity index (χ4v) is 4.37. The van der Waals surface area contributed by atoms with Crippen molar-refractivity contribution in [3.05, 3.63) is 29.8 Å². The molecule has 9 nitrogen and oxygen atoms in total. The van der Waals surface area contributed by atoms with Gasteiger partial charge in [-0.15, -0.1) is 0 Å². The van der Waals surface area contributed by atoms with Crippen molar-refractivity contribution in [1.82, 2.24) is 10.2 Å². The van der Waals surface area contributed by atoms with Gasteiger partial charge in [0.15, 0.2) is 12.4 Å². The van der Waals surface area contributed by atoms with Crippen LogP contribution in [0.5, 0.6) is 0 Å². The zero-order valence-corrected chi connectivity index (χ0v) is 19.3. The Balaban J connectivity index is 1.50. The van der Waals surface area contributed by atoms with Gasteiger partial charge in [-0.25, -0.2) is 4.79 Å². The first kappa shape index (κ1) is 24.4. The van der Waals surface area contributed by atoms with Crippen LogP contribution in [0.1, 0.15) is 63.2 Å². The summed E-state index contributed by atoms with van der Waals surface area (Å²) in [6.07, 6.45) is 3.62. The van der Waals surface area contributed by atoms with Crippen LogP contribution in [0.15, 0.2) is 24.3 Å². The number of benzene rings is 1. The molecular formula is C24H31N3O6. The Morgan fingerprint density at radius 3 is 2.52 bits per heavy atom. The van der Waals surface area contributed by atoms with Crippen LogP contribution in [0.4, 0.5) is 10.5 Å². The Kier molecular flexibility index (Phi) is 7.50. The molecule has 2 fully saturated rings. The average Bonchev–Trinajstić information content (AvgIpc) is 2.99. The van der Waals surface area contributed by atoms with Gasteiger partial charge in [-0.1, -0.05) is 33.6 Å². The molecule has 9 heteroatoms. The van der Waals surface area contributed by atoms with Crippen LogP contribution in [-0.2, 0) is 19.1 Å². The molecule has 2 N–H and O–H groups in total. The van der Waals surface area contributed by atoms with Gasteiger partial charge in [0.1, 0.15) is 12.1 Å². The van der Waals surface area contributed by atoms with Crippen molar-refractivity contribution in [3.8, 4) is 0 Å². The van der Waals surface area contributed by atoms with Crippen LogP contribution in [0.3, 0.4) is 0 Å². The summed E-state index contributed by atoms with van der Waals surface area (Å²) in [5.74, 6) is -1.55. The highest BCUT2D eigenvalue weighted by Gasteiger charge is 2.55. The summed E-state index contributed by atoms with van der Waals surface area (Å²) in [6.45, 7) is 4.78. The van der Waals surface area contributed by atoms with Crippen LogP contribution in [0.2, 0.25) is 0 Å². The molecule has 178 valence electrons. The number of hydrogen-bond acceptors (Lipinski definition) is 6. The Hall–Kier alpha value is -3.23. The number of rotatable bonds is 8. The molecule has 2 aliphatic rings. The molecule has 1 aromatic rings. The van der Waals surface area contributed by atoms with Crippen LogP contribution in [0, 0.1) is 11.8 Å². The van der Waals surface area contributed by atoms with Gasteiger partial charge in [0.2, 0.25) is 5.91 Å². The van der Waals surface area contributed by atoms with Crippen LogP contribution in [-0.4, -0.2) is 53.2 Å². The number of amides is 4. The summed E-state index contributed by atoms with van der Waals surface area (Å²) in [5, 5.41) is 5.53. The largest absolute Gasteiger partial charge is 0.456 e. The third-order valence-electron chi connectivity index (χ3n) is 6.24. The fraction of sp³-hybridized carbons (Fsp3) is 0.542. The minimum Gasteiger partial charge on any atom is -0.456 e. The van der Waals surface area contributed by atoms with Crippen molar-refractivity contribution in [1.29, 1.82) is 0 Å². The first-order valence-electron chi connectivity index (χ1n) is 11.3. The van der Waals surface area contributed by atoms with E-state index in [1.54, 1.807) is 12.1 Å². The van der Waals surface area contributed by atoms with Crippen LogP contribution >= 0.6 is 0 Å². The smallest absolute Gasteiger partial charge is 0.326 e. The van der Waals surface area contributed by atoms with Gasteiger partial charge in [0.25, 0.3) is 5.91 Å². The number of imide groups is 1. The molecule has 1 aliphatic heterocycles.